The fraction of sp³-hybridized carbons (Fsp3) is 0.0556. The monoisotopic (exact) mass is 363 g/mol. The summed E-state index contributed by atoms with van der Waals surface area (Å²) < 4.78 is 0. The summed E-state index contributed by atoms with van der Waals surface area (Å²) in [6.45, 7) is 0.533. The first-order valence-corrected chi connectivity index (χ1v) is 8.64. The third kappa shape index (κ3) is 3.40. The van der Waals surface area contributed by atoms with Gasteiger partial charge in [0.05, 0.1) is 22.7 Å². The van der Waals surface area contributed by atoms with Crippen molar-refractivity contribution in [3.63, 3.8) is 0 Å². The van der Waals surface area contributed by atoms with Gasteiger partial charge in [-0.15, -0.1) is 0 Å². The third-order valence-electron chi connectivity index (χ3n) is 3.76. The first-order chi connectivity index (χ1) is 12.7. The van der Waals surface area contributed by atoms with Gasteiger partial charge in [0.15, 0.2) is 0 Å². The topological polar surface area (TPSA) is 96.9 Å². The van der Waals surface area contributed by atoms with Gasteiger partial charge in [0.25, 0.3) is 11.1 Å². The Morgan fingerprint density at radius 2 is 2.04 bits per heavy atom. The van der Waals surface area contributed by atoms with Crippen LogP contribution in [0.2, 0.25) is 0 Å². The lowest BCUT2D eigenvalue weighted by Crippen LogP contribution is -2.17. The van der Waals surface area contributed by atoms with Crippen LogP contribution in [0.25, 0.3) is 17.0 Å². The maximum Gasteiger partial charge on any atom is 0.290 e. The van der Waals surface area contributed by atoms with Gasteiger partial charge in [-0.1, -0.05) is 12.1 Å². The van der Waals surface area contributed by atoms with Crippen molar-refractivity contribution in [3.8, 4) is 0 Å². The molecule has 3 heterocycles. The highest BCUT2D eigenvalue weighted by atomic mass is 32.2. The molecule has 1 aliphatic rings. The minimum atomic E-state index is -0.377. The molecule has 0 atom stereocenters. The molecule has 2 amide bonds. The number of aromatic nitrogens is 3. The summed E-state index contributed by atoms with van der Waals surface area (Å²) in [5.41, 5.74) is 2.47. The summed E-state index contributed by atoms with van der Waals surface area (Å²) in [7, 11) is 0. The van der Waals surface area contributed by atoms with E-state index in [1.807, 2.05) is 36.4 Å². The molecule has 0 unspecified atom stereocenters. The van der Waals surface area contributed by atoms with Crippen molar-refractivity contribution >= 4 is 45.7 Å². The van der Waals surface area contributed by atoms with E-state index in [2.05, 4.69) is 25.6 Å². The van der Waals surface area contributed by atoms with Crippen LogP contribution in [-0.2, 0) is 11.3 Å². The number of nitrogens with one attached hydrogen (secondary N) is 2. The molecular formula is C18H13N5O2S. The first-order valence-electron chi connectivity index (χ1n) is 7.82. The molecule has 0 spiro atoms. The third-order valence-corrected chi connectivity index (χ3v) is 4.57. The lowest BCUT2D eigenvalue weighted by molar-refractivity contribution is -0.115. The average Bonchev–Trinajstić information content (AvgIpc) is 2.98. The van der Waals surface area contributed by atoms with Crippen molar-refractivity contribution in [2.75, 3.05) is 5.32 Å². The predicted octanol–water partition coefficient (Wildman–Crippen LogP) is 2.96. The zero-order chi connectivity index (χ0) is 17.9. The van der Waals surface area contributed by atoms with Crippen LogP contribution in [0.4, 0.5) is 10.6 Å². The fourth-order valence-corrected chi connectivity index (χ4v) is 3.24. The Morgan fingerprint density at radius 1 is 1.12 bits per heavy atom. The lowest BCUT2D eigenvalue weighted by atomic mass is 10.1. The summed E-state index contributed by atoms with van der Waals surface area (Å²) in [5, 5.41) is 5.98. The number of imide groups is 1. The van der Waals surface area contributed by atoms with Crippen LogP contribution >= 0.6 is 11.8 Å². The predicted molar refractivity (Wildman–Crippen MR) is 100 cm³/mol. The summed E-state index contributed by atoms with van der Waals surface area (Å²) in [5.74, 6) is 0.304. The molecule has 1 fully saturated rings. The molecule has 1 aromatic carbocycles. The number of amides is 2. The maximum atomic E-state index is 11.7. The number of thioether (sulfide) groups is 1. The molecule has 0 saturated carbocycles. The van der Waals surface area contributed by atoms with E-state index in [1.165, 1.54) is 6.33 Å². The molecule has 8 heteroatoms. The molecule has 0 bridgehead atoms. The molecule has 7 nitrogen and oxygen atoms in total. The largest absolute Gasteiger partial charge is 0.364 e. The normalized spacial score (nSPS) is 15.5. The van der Waals surface area contributed by atoms with Crippen molar-refractivity contribution in [2.24, 2.45) is 0 Å². The van der Waals surface area contributed by atoms with Crippen molar-refractivity contribution in [2.45, 2.75) is 6.54 Å². The van der Waals surface area contributed by atoms with Gasteiger partial charge in [-0.3, -0.25) is 19.9 Å². The number of hydrogen-bond donors (Lipinski definition) is 2. The zero-order valence-corrected chi connectivity index (χ0v) is 14.3. The van der Waals surface area contributed by atoms with Gasteiger partial charge in [0, 0.05) is 11.6 Å². The van der Waals surface area contributed by atoms with Crippen molar-refractivity contribution < 1.29 is 9.59 Å². The van der Waals surface area contributed by atoms with Gasteiger partial charge in [-0.05, 0) is 47.7 Å². The summed E-state index contributed by atoms with van der Waals surface area (Å²) in [6, 6.07) is 11.3. The summed E-state index contributed by atoms with van der Waals surface area (Å²) >= 11 is 0.892. The number of carbonyl (C=O) groups is 2. The number of pyridine rings is 1. The van der Waals surface area contributed by atoms with E-state index in [0.717, 1.165) is 33.9 Å². The van der Waals surface area contributed by atoms with E-state index in [1.54, 1.807) is 12.3 Å². The summed E-state index contributed by atoms with van der Waals surface area (Å²) in [4.78, 5) is 36.2. The number of carbonyl (C=O) groups excluding carboxylic acids is 2. The van der Waals surface area contributed by atoms with E-state index in [4.69, 9.17) is 0 Å². The number of benzene rings is 1. The number of fused-ring (bicyclic) bond motifs is 1. The molecule has 0 radical (unpaired) electrons. The van der Waals surface area contributed by atoms with E-state index in [-0.39, 0.29) is 11.1 Å². The smallest absolute Gasteiger partial charge is 0.290 e. The van der Waals surface area contributed by atoms with Crippen molar-refractivity contribution in [3.05, 3.63) is 65.1 Å². The summed E-state index contributed by atoms with van der Waals surface area (Å²) in [6.07, 6.45) is 4.92. The second-order valence-electron chi connectivity index (χ2n) is 5.53. The van der Waals surface area contributed by atoms with Gasteiger partial charge in [0.1, 0.15) is 12.1 Å². The lowest BCUT2D eigenvalue weighted by Gasteiger charge is -2.08. The Morgan fingerprint density at radius 3 is 2.81 bits per heavy atom. The van der Waals surface area contributed by atoms with Crippen LogP contribution in [0.3, 0.4) is 0 Å². The molecule has 1 saturated heterocycles. The Hall–Kier alpha value is -3.26. The fourth-order valence-electron chi connectivity index (χ4n) is 2.55. The highest BCUT2D eigenvalue weighted by molar-refractivity contribution is 8.18. The van der Waals surface area contributed by atoms with Gasteiger partial charge in [0.2, 0.25) is 0 Å². The van der Waals surface area contributed by atoms with E-state index in [0.29, 0.717) is 17.3 Å². The van der Waals surface area contributed by atoms with Crippen LogP contribution in [0.5, 0.6) is 0 Å². The van der Waals surface area contributed by atoms with E-state index < -0.39 is 0 Å². The quantitative estimate of drug-likeness (QED) is 0.688. The van der Waals surface area contributed by atoms with Gasteiger partial charge in [-0.2, -0.15) is 0 Å². The second kappa shape index (κ2) is 6.93. The minimum Gasteiger partial charge on any atom is -0.364 e. The van der Waals surface area contributed by atoms with Crippen LogP contribution < -0.4 is 10.6 Å². The maximum absolute atomic E-state index is 11.7. The van der Waals surface area contributed by atoms with Gasteiger partial charge < -0.3 is 5.32 Å². The van der Waals surface area contributed by atoms with Crippen molar-refractivity contribution in [1.82, 2.24) is 20.3 Å². The molecule has 3 aromatic rings. The molecule has 4 rings (SSSR count). The molecule has 26 heavy (non-hydrogen) atoms. The molecule has 0 aliphatic carbocycles. The molecule has 2 aromatic heterocycles. The van der Waals surface area contributed by atoms with Crippen LogP contribution in [0, 0.1) is 0 Å². The van der Waals surface area contributed by atoms with Crippen molar-refractivity contribution in [1.29, 1.82) is 0 Å². The van der Waals surface area contributed by atoms with Gasteiger partial charge >= 0.3 is 0 Å². The van der Waals surface area contributed by atoms with Crippen LogP contribution in [0.1, 0.15) is 11.3 Å². The SMILES string of the molecule is O=C1NC(=O)/C(=C/c2ccc3ncnc(NCc4ccccn4)c3c2)S1. The van der Waals surface area contributed by atoms with E-state index >= 15 is 0 Å². The van der Waals surface area contributed by atoms with Crippen LogP contribution in [-0.4, -0.2) is 26.1 Å². The Bertz CT molecular complexity index is 1040. The molecular weight excluding hydrogens is 350 g/mol. The van der Waals surface area contributed by atoms with Crippen LogP contribution in [0.15, 0.2) is 53.8 Å². The Labute approximate surface area is 153 Å². The first kappa shape index (κ1) is 16.2. The standard InChI is InChI=1S/C18H13N5O2S/c24-17-15(26-18(25)23-17)8-11-4-5-14-13(7-11)16(22-10-21-14)20-9-12-3-1-2-6-19-12/h1-8,10H,9H2,(H,20,21,22)(H,23,24,25)/b15-8-. The second-order valence-corrected chi connectivity index (χ2v) is 6.54. The van der Waals surface area contributed by atoms with Gasteiger partial charge in [-0.25, -0.2) is 9.97 Å². The minimum absolute atomic E-state index is 0.358. The number of nitrogens with zero attached hydrogens (tertiary/aromatic N) is 3. The average molecular weight is 363 g/mol. The molecule has 2 N–H and O–H groups in total. The molecule has 128 valence electrons. The zero-order valence-electron chi connectivity index (χ0n) is 13.5. The highest BCUT2D eigenvalue weighted by Gasteiger charge is 2.24. The number of hydrogen-bond acceptors (Lipinski definition) is 7. The Kier molecular flexibility index (Phi) is 4.32. The Balaban J connectivity index is 1.65. The van der Waals surface area contributed by atoms with E-state index in [9.17, 15) is 9.59 Å². The number of rotatable bonds is 4. The molecule has 1 aliphatic heterocycles. The number of anilines is 1. The highest BCUT2D eigenvalue weighted by Crippen LogP contribution is 2.27.